The van der Waals surface area contributed by atoms with Crippen LogP contribution in [0.5, 0.6) is 0 Å². The molecule has 0 saturated heterocycles. The second-order valence-corrected chi connectivity index (χ2v) is 14.3. The predicted molar refractivity (Wildman–Crippen MR) is 136 cm³/mol. The Hall–Kier alpha value is -1.65. The normalized spacial score (nSPS) is 54.7. The van der Waals surface area contributed by atoms with E-state index in [0.717, 1.165) is 19.3 Å². The topological polar surface area (TPSA) is 87.0 Å². The molecule has 0 radical (unpaired) electrons. The summed E-state index contributed by atoms with van der Waals surface area (Å²) in [6.07, 6.45) is 9.58. The van der Waals surface area contributed by atoms with Crippen molar-refractivity contribution in [2.45, 2.75) is 99.8 Å². The molecule has 5 aliphatic rings. The average molecular weight is 484 g/mol. The molecule has 5 heteroatoms. The molecule has 0 bridgehead atoms. The maximum atomic E-state index is 14.3. The fraction of sp³-hybridized carbons (Fsp3) is 0.833. The van der Waals surface area contributed by atoms with Crippen LogP contribution in [0.1, 0.15) is 99.8 Å². The first-order valence-corrected chi connectivity index (χ1v) is 13.9. The molecule has 0 unspecified atom stereocenters. The van der Waals surface area contributed by atoms with Gasteiger partial charge in [-0.2, -0.15) is 0 Å². The Labute approximate surface area is 210 Å². The lowest BCUT2D eigenvalue weighted by Crippen LogP contribution is -2.67. The van der Waals surface area contributed by atoms with Crippen molar-refractivity contribution in [2.75, 3.05) is 0 Å². The van der Waals surface area contributed by atoms with Gasteiger partial charge in [0.1, 0.15) is 5.41 Å². The molecule has 35 heavy (non-hydrogen) atoms. The molecular formula is C30H45NO4. The van der Waals surface area contributed by atoms with Crippen LogP contribution in [-0.2, 0) is 9.59 Å². The van der Waals surface area contributed by atoms with E-state index < -0.39 is 16.8 Å². The monoisotopic (exact) mass is 483 g/mol. The van der Waals surface area contributed by atoms with Gasteiger partial charge < -0.3 is 10.3 Å². The van der Waals surface area contributed by atoms with Crippen LogP contribution in [0.3, 0.4) is 0 Å². The van der Waals surface area contributed by atoms with Gasteiger partial charge in [-0.25, -0.2) is 0 Å². The minimum atomic E-state index is -1.24. The Bertz CT molecular complexity index is 1030. The van der Waals surface area contributed by atoms with Crippen LogP contribution in [0.4, 0.5) is 0 Å². The number of fused-ring (bicyclic) bond motifs is 7. The van der Waals surface area contributed by atoms with E-state index in [0.29, 0.717) is 36.3 Å². The minimum Gasteiger partial charge on any atom is -0.481 e. The molecule has 0 aromatic heterocycles. The first kappa shape index (κ1) is 25.0. The van der Waals surface area contributed by atoms with Crippen molar-refractivity contribution >= 4 is 17.5 Å². The second-order valence-electron chi connectivity index (χ2n) is 14.3. The van der Waals surface area contributed by atoms with Crippen molar-refractivity contribution < 1.29 is 19.9 Å². The largest absolute Gasteiger partial charge is 0.481 e. The van der Waals surface area contributed by atoms with Gasteiger partial charge in [0, 0.05) is 5.92 Å². The number of nitrogens with zero attached hydrogens (tertiary/aromatic N) is 1. The number of hydrogen-bond acceptors (Lipinski definition) is 4. The number of allylic oxidation sites excluding steroid dienone is 2. The molecule has 0 spiro atoms. The fourth-order valence-electron chi connectivity index (χ4n) is 10.6. The molecule has 5 rings (SSSR count). The standard InChI is InChI=1S/C30H45NO4/c1-17-8-11-26(3)14-15-28(5)19(23(26)18(17)2)16-20(32)24-27(4)12-10-22(31-35)30(7,25(33)34)21(27)9-13-29(24,28)6/h16-18,21,23-24,35H,8-15H2,1-7H3,(H,33,34)/b31-22+/t17-,18+,21-,23+,24-,26-,27+,28-,29-,30-/m1/s1. The number of carbonyl (C=O) groups is 2. The van der Waals surface area contributed by atoms with Crippen LogP contribution < -0.4 is 0 Å². The van der Waals surface area contributed by atoms with Crippen molar-refractivity contribution in [1.82, 2.24) is 0 Å². The molecule has 5 nitrogen and oxygen atoms in total. The summed E-state index contributed by atoms with van der Waals surface area (Å²) >= 11 is 0. The maximum absolute atomic E-state index is 14.3. The molecule has 4 fully saturated rings. The maximum Gasteiger partial charge on any atom is 0.315 e. The smallest absolute Gasteiger partial charge is 0.315 e. The summed E-state index contributed by atoms with van der Waals surface area (Å²) in [7, 11) is 0. The second kappa shape index (κ2) is 7.44. The van der Waals surface area contributed by atoms with Crippen LogP contribution in [0, 0.1) is 56.7 Å². The van der Waals surface area contributed by atoms with Crippen LogP contribution in [0.15, 0.2) is 16.8 Å². The van der Waals surface area contributed by atoms with E-state index in [2.05, 4.69) is 52.8 Å². The molecular weight excluding hydrogens is 438 g/mol. The molecule has 0 amide bonds. The van der Waals surface area contributed by atoms with Crippen LogP contribution in [-0.4, -0.2) is 27.8 Å². The number of carboxylic acid groups (broad SMARTS) is 1. The molecule has 10 atom stereocenters. The quantitative estimate of drug-likeness (QED) is 0.319. The van der Waals surface area contributed by atoms with E-state index in [-0.39, 0.29) is 33.9 Å². The Morgan fingerprint density at radius 1 is 1.00 bits per heavy atom. The van der Waals surface area contributed by atoms with Gasteiger partial charge in [-0.05, 0) is 110 Å². The van der Waals surface area contributed by atoms with E-state index >= 15 is 0 Å². The minimum absolute atomic E-state index is 0.0555. The number of ketones is 1. The third kappa shape index (κ3) is 2.84. The number of rotatable bonds is 1. The lowest BCUT2D eigenvalue weighted by Gasteiger charge is -2.70. The third-order valence-electron chi connectivity index (χ3n) is 13.2. The van der Waals surface area contributed by atoms with Crippen molar-refractivity contribution in [3.8, 4) is 0 Å². The Balaban J connectivity index is 1.66. The van der Waals surface area contributed by atoms with Crippen molar-refractivity contribution in [1.29, 1.82) is 0 Å². The molecule has 0 heterocycles. The van der Waals surface area contributed by atoms with Crippen LogP contribution in [0.25, 0.3) is 0 Å². The lowest BCUT2D eigenvalue weighted by molar-refractivity contribution is -0.184. The zero-order valence-corrected chi connectivity index (χ0v) is 22.8. The molecule has 4 saturated carbocycles. The molecule has 5 aliphatic carbocycles. The molecule has 0 aromatic rings. The van der Waals surface area contributed by atoms with Crippen LogP contribution >= 0.6 is 0 Å². The lowest BCUT2D eigenvalue weighted by atomic mass is 9.33. The van der Waals surface area contributed by atoms with Crippen molar-refractivity contribution in [3.63, 3.8) is 0 Å². The molecule has 2 N–H and O–H groups in total. The van der Waals surface area contributed by atoms with Gasteiger partial charge in [-0.15, -0.1) is 0 Å². The first-order chi connectivity index (χ1) is 16.2. The number of aliphatic carboxylic acids is 1. The Morgan fingerprint density at radius 3 is 2.31 bits per heavy atom. The van der Waals surface area contributed by atoms with Crippen molar-refractivity contribution in [2.24, 2.45) is 61.8 Å². The van der Waals surface area contributed by atoms with Crippen molar-refractivity contribution in [3.05, 3.63) is 11.6 Å². The van der Waals surface area contributed by atoms with E-state index in [9.17, 15) is 19.9 Å². The summed E-state index contributed by atoms with van der Waals surface area (Å²) in [6, 6.07) is 0. The van der Waals surface area contributed by atoms with Crippen LogP contribution in [0.2, 0.25) is 0 Å². The van der Waals surface area contributed by atoms with E-state index in [1.165, 1.54) is 24.8 Å². The molecule has 0 aliphatic heterocycles. The summed E-state index contributed by atoms with van der Waals surface area (Å²) in [4.78, 5) is 26.9. The fourth-order valence-corrected chi connectivity index (χ4v) is 10.6. The highest BCUT2D eigenvalue weighted by Gasteiger charge is 2.71. The summed E-state index contributed by atoms with van der Waals surface area (Å²) in [6.45, 7) is 16.0. The molecule has 0 aromatic carbocycles. The summed E-state index contributed by atoms with van der Waals surface area (Å²) in [5.74, 6) is 0.523. The summed E-state index contributed by atoms with van der Waals surface area (Å²) in [5.41, 5.74) is 0.0935. The number of carbonyl (C=O) groups excluding carboxylic acids is 1. The van der Waals surface area contributed by atoms with E-state index in [4.69, 9.17) is 0 Å². The highest BCUT2D eigenvalue weighted by atomic mass is 16.4. The van der Waals surface area contributed by atoms with E-state index in [1.807, 2.05) is 0 Å². The SMILES string of the molecule is C[C@H]1[C@H](C)CC[C@]2(C)CC[C@]3(C)C(=CC(=O)[C@@H]4[C@@]5(C)CC/C(=N\O)[C@](C)(C(=O)O)[C@@H]5CC[C@]43C)[C@H]12. The van der Waals surface area contributed by atoms with Gasteiger partial charge in [-0.1, -0.05) is 52.3 Å². The number of oxime groups is 1. The van der Waals surface area contributed by atoms with Gasteiger partial charge in [0.2, 0.25) is 0 Å². The highest BCUT2D eigenvalue weighted by molar-refractivity contribution is 6.07. The average Bonchev–Trinajstić information content (AvgIpc) is 2.78. The number of hydrogen-bond donors (Lipinski definition) is 2. The summed E-state index contributed by atoms with van der Waals surface area (Å²) in [5, 5.41) is 23.5. The zero-order chi connectivity index (χ0) is 25.8. The zero-order valence-electron chi connectivity index (χ0n) is 22.8. The predicted octanol–water partition coefficient (Wildman–Crippen LogP) is 6.74. The van der Waals surface area contributed by atoms with E-state index in [1.54, 1.807) is 6.92 Å². The summed E-state index contributed by atoms with van der Waals surface area (Å²) < 4.78 is 0. The third-order valence-corrected chi connectivity index (χ3v) is 13.2. The Kier molecular flexibility index (Phi) is 5.32. The van der Waals surface area contributed by atoms with Gasteiger partial charge in [-0.3, -0.25) is 9.59 Å². The van der Waals surface area contributed by atoms with Gasteiger partial charge in [0.15, 0.2) is 5.78 Å². The molecule has 194 valence electrons. The highest BCUT2D eigenvalue weighted by Crippen LogP contribution is 2.74. The van der Waals surface area contributed by atoms with Gasteiger partial charge in [0.25, 0.3) is 0 Å². The number of carboxylic acids is 1. The van der Waals surface area contributed by atoms with Gasteiger partial charge in [0.05, 0.1) is 5.71 Å². The Morgan fingerprint density at radius 2 is 1.69 bits per heavy atom. The first-order valence-electron chi connectivity index (χ1n) is 13.9. The van der Waals surface area contributed by atoms with Gasteiger partial charge >= 0.3 is 5.97 Å².